The van der Waals surface area contributed by atoms with Gasteiger partial charge in [0.1, 0.15) is 11.6 Å². The van der Waals surface area contributed by atoms with E-state index in [2.05, 4.69) is 4.72 Å². The van der Waals surface area contributed by atoms with Gasteiger partial charge in [-0.1, -0.05) is 0 Å². The number of rotatable bonds is 6. The molecule has 0 saturated heterocycles. The highest BCUT2D eigenvalue weighted by Crippen LogP contribution is 2.32. The second-order valence-electron chi connectivity index (χ2n) is 4.47. The summed E-state index contributed by atoms with van der Waals surface area (Å²) in [4.78, 5) is -0.0542. The second-order valence-corrected chi connectivity index (χ2v) is 6.15. The number of anilines is 1. The van der Waals surface area contributed by atoms with Crippen molar-refractivity contribution in [3.05, 3.63) is 42.2 Å². The zero-order valence-corrected chi connectivity index (χ0v) is 13.6. The number of nitrogens with one attached hydrogen (secondary N) is 1. The number of ether oxygens (including phenoxy) is 3. The molecule has 0 atom stereocenters. The first-order chi connectivity index (χ1) is 10.9. The van der Waals surface area contributed by atoms with Crippen LogP contribution in [0.25, 0.3) is 0 Å². The molecule has 0 unspecified atom stereocenters. The average molecular weight is 341 g/mol. The van der Waals surface area contributed by atoms with Gasteiger partial charge in [0.25, 0.3) is 10.0 Å². The Morgan fingerprint density at radius 2 is 1.48 bits per heavy atom. The van der Waals surface area contributed by atoms with E-state index in [0.29, 0.717) is 5.75 Å². The molecule has 124 valence electrons. The molecule has 23 heavy (non-hydrogen) atoms. The predicted molar refractivity (Wildman–Crippen MR) is 83.3 cm³/mol. The largest absolute Gasteiger partial charge is 0.495 e. The quantitative estimate of drug-likeness (QED) is 0.874. The molecule has 0 bridgehead atoms. The molecule has 6 nitrogen and oxygen atoms in total. The lowest BCUT2D eigenvalue weighted by atomic mass is 10.3. The molecule has 0 spiro atoms. The van der Waals surface area contributed by atoms with Crippen molar-refractivity contribution in [1.29, 1.82) is 0 Å². The third-order valence-electron chi connectivity index (χ3n) is 3.07. The molecule has 0 heterocycles. The fraction of sp³-hybridized carbons (Fsp3) is 0.200. The van der Waals surface area contributed by atoms with E-state index in [9.17, 15) is 12.8 Å². The molecule has 0 aliphatic heterocycles. The minimum atomic E-state index is -3.95. The first-order valence-electron chi connectivity index (χ1n) is 6.49. The Morgan fingerprint density at radius 1 is 0.870 bits per heavy atom. The van der Waals surface area contributed by atoms with E-state index in [4.69, 9.17) is 14.2 Å². The minimum absolute atomic E-state index is 0.00212. The van der Waals surface area contributed by atoms with E-state index in [0.717, 1.165) is 6.07 Å². The van der Waals surface area contributed by atoms with Crippen LogP contribution < -0.4 is 18.9 Å². The maximum atomic E-state index is 13.4. The molecule has 0 fully saturated rings. The van der Waals surface area contributed by atoms with Gasteiger partial charge >= 0.3 is 0 Å². The number of hydrogen-bond donors (Lipinski definition) is 1. The Kier molecular flexibility index (Phi) is 4.95. The summed E-state index contributed by atoms with van der Waals surface area (Å²) in [6.45, 7) is 0. The molecule has 0 saturated carbocycles. The van der Waals surface area contributed by atoms with Gasteiger partial charge in [0.2, 0.25) is 0 Å². The number of halogens is 1. The molecule has 2 aromatic carbocycles. The van der Waals surface area contributed by atoms with Gasteiger partial charge in [-0.15, -0.1) is 0 Å². The zero-order valence-electron chi connectivity index (χ0n) is 12.8. The van der Waals surface area contributed by atoms with Gasteiger partial charge in [-0.2, -0.15) is 0 Å². The highest BCUT2D eigenvalue weighted by molar-refractivity contribution is 7.92. The molecule has 2 rings (SSSR count). The van der Waals surface area contributed by atoms with E-state index in [1.54, 1.807) is 0 Å². The van der Waals surface area contributed by atoms with Crippen molar-refractivity contribution >= 4 is 15.7 Å². The Bertz CT molecular complexity index is 808. The summed E-state index contributed by atoms with van der Waals surface area (Å²) >= 11 is 0. The van der Waals surface area contributed by atoms with Crippen LogP contribution in [0.4, 0.5) is 10.1 Å². The number of benzene rings is 2. The Labute approximate surface area is 133 Å². The molecular weight excluding hydrogens is 325 g/mol. The molecule has 1 N–H and O–H groups in total. The molecule has 0 radical (unpaired) electrons. The SMILES string of the molecule is COc1ccc(F)cc1NS(=O)(=O)c1ccc(OC)c(OC)c1. The second kappa shape index (κ2) is 6.74. The lowest BCUT2D eigenvalue weighted by Gasteiger charge is -2.13. The monoisotopic (exact) mass is 341 g/mol. The first-order valence-corrected chi connectivity index (χ1v) is 7.98. The molecule has 0 aliphatic rings. The summed E-state index contributed by atoms with van der Waals surface area (Å²) in [7, 11) is 0.256. The van der Waals surface area contributed by atoms with Gasteiger partial charge < -0.3 is 14.2 Å². The van der Waals surface area contributed by atoms with E-state index in [1.165, 1.54) is 51.7 Å². The number of hydrogen-bond acceptors (Lipinski definition) is 5. The maximum Gasteiger partial charge on any atom is 0.262 e. The fourth-order valence-electron chi connectivity index (χ4n) is 1.95. The molecule has 0 amide bonds. The summed E-state index contributed by atoms with van der Waals surface area (Å²) in [6, 6.07) is 7.69. The van der Waals surface area contributed by atoms with E-state index in [1.807, 2.05) is 0 Å². The third-order valence-corrected chi connectivity index (χ3v) is 4.43. The molecule has 0 aromatic heterocycles. The van der Waals surface area contributed by atoms with Crippen molar-refractivity contribution in [2.24, 2.45) is 0 Å². The van der Waals surface area contributed by atoms with Gasteiger partial charge in [0.05, 0.1) is 31.9 Å². The third kappa shape index (κ3) is 3.65. The molecule has 0 aliphatic carbocycles. The molecular formula is C15H16FNO5S. The minimum Gasteiger partial charge on any atom is -0.495 e. The van der Waals surface area contributed by atoms with Gasteiger partial charge in [0.15, 0.2) is 11.5 Å². The summed E-state index contributed by atoms with van der Waals surface area (Å²) < 4.78 is 55.7. The lowest BCUT2D eigenvalue weighted by Crippen LogP contribution is -2.14. The number of sulfonamides is 1. The van der Waals surface area contributed by atoms with Gasteiger partial charge in [-0.25, -0.2) is 12.8 Å². The van der Waals surface area contributed by atoms with Gasteiger partial charge in [0, 0.05) is 12.1 Å². The predicted octanol–water partition coefficient (Wildman–Crippen LogP) is 2.65. The van der Waals surface area contributed by atoms with Crippen LogP contribution in [0, 0.1) is 5.82 Å². The maximum absolute atomic E-state index is 13.4. The highest BCUT2D eigenvalue weighted by Gasteiger charge is 2.19. The normalized spacial score (nSPS) is 11.0. The Hall–Kier alpha value is -2.48. The highest BCUT2D eigenvalue weighted by atomic mass is 32.2. The van der Waals surface area contributed by atoms with Gasteiger partial charge in [-0.05, 0) is 24.3 Å². The van der Waals surface area contributed by atoms with Crippen molar-refractivity contribution < 1.29 is 27.0 Å². The summed E-state index contributed by atoms with van der Waals surface area (Å²) in [6.07, 6.45) is 0. The summed E-state index contributed by atoms with van der Waals surface area (Å²) in [5.74, 6) is 0.280. The van der Waals surface area contributed by atoms with E-state index < -0.39 is 15.8 Å². The van der Waals surface area contributed by atoms with Crippen LogP contribution in [0.1, 0.15) is 0 Å². The first kappa shape index (κ1) is 16.9. The van der Waals surface area contributed by atoms with Crippen LogP contribution in [0.2, 0.25) is 0 Å². The van der Waals surface area contributed by atoms with Crippen LogP contribution >= 0.6 is 0 Å². The van der Waals surface area contributed by atoms with Crippen LogP contribution in [0.3, 0.4) is 0 Å². The topological polar surface area (TPSA) is 73.9 Å². The summed E-state index contributed by atoms with van der Waals surface area (Å²) in [5, 5.41) is 0. The fourth-order valence-corrected chi connectivity index (χ4v) is 3.02. The van der Waals surface area contributed by atoms with Crippen LogP contribution in [-0.2, 0) is 10.0 Å². The molecule has 8 heteroatoms. The van der Waals surface area contributed by atoms with Crippen LogP contribution in [0.15, 0.2) is 41.3 Å². The Morgan fingerprint density at radius 3 is 2.09 bits per heavy atom. The van der Waals surface area contributed by atoms with Crippen molar-refractivity contribution in [3.8, 4) is 17.2 Å². The van der Waals surface area contributed by atoms with Crippen molar-refractivity contribution in [3.63, 3.8) is 0 Å². The smallest absolute Gasteiger partial charge is 0.262 e. The van der Waals surface area contributed by atoms with E-state index >= 15 is 0 Å². The van der Waals surface area contributed by atoms with Crippen LogP contribution in [-0.4, -0.2) is 29.7 Å². The average Bonchev–Trinajstić information content (AvgIpc) is 2.54. The Balaban J connectivity index is 2.41. The van der Waals surface area contributed by atoms with Crippen molar-refractivity contribution in [2.45, 2.75) is 4.90 Å². The van der Waals surface area contributed by atoms with Crippen molar-refractivity contribution in [1.82, 2.24) is 0 Å². The van der Waals surface area contributed by atoms with E-state index in [-0.39, 0.29) is 22.1 Å². The zero-order chi connectivity index (χ0) is 17.0. The number of methoxy groups -OCH3 is 3. The standard InChI is InChI=1S/C15H16FNO5S/c1-20-13-6-4-10(16)8-12(13)17-23(18,19)11-5-7-14(21-2)15(9-11)22-3/h4-9,17H,1-3H3. The lowest BCUT2D eigenvalue weighted by molar-refractivity contribution is 0.354. The summed E-state index contributed by atoms with van der Waals surface area (Å²) in [5.41, 5.74) is 0.00212. The van der Waals surface area contributed by atoms with Crippen molar-refractivity contribution in [2.75, 3.05) is 26.1 Å². The van der Waals surface area contributed by atoms with Crippen LogP contribution in [0.5, 0.6) is 17.2 Å². The molecule has 2 aromatic rings. The van der Waals surface area contributed by atoms with Gasteiger partial charge in [-0.3, -0.25) is 4.72 Å².